The summed E-state index contributed by atoms with van der Waals surface area (Å²) in [5.74, 6) is 1.02. The molecule has 2 saturated heterocycles. The number of hydrogen-bond acceptors (Lipinski definition) is 6. The van der Waals surface area contributed by atoms with E-state index in [0.29, 0.717) is 6.42 Å². The Morgan fingerprint density at radius 1 is 1.28 bits per heavy atom. The highest BCUT2D eigenvalue weighted by Crippen LogP contribution is 2.24. The lowest BCUT2D eigenvalue weighted by atomic mass is 10.2. The van der Waals surface area contributed by atoms with Gasteiger partial charge >= 0.3 is 0 Å². The summed E-state index contributed by atoms with van der Waals surface area (Å²) in [4.78, 5) is 17.9. The van der Waals surface area contributed by atoms with Crippen LogP contribution in [-0.4, -0.2) is 48.3 Å². The number of thiophene rings is 1. The Bertz CT molecular complexity index is 714. The van der Waals surface area contributed by atoms with E-state index in [1.165, 1.54) is 12.8 Å². The summed E-state index contributed by atoms with van der Waals surface area (Å²) in [6, 6.07) is 6.31. The first kappa shape index (κ1) is 16.3. The number of rotatable bonds is 5. The van der Waals surface area contributed by atoms with Crippen LogP contribution in [0.25, 0.3) is 0 Å². The molecule has 1 N–H and O–H groups in total. The van der Waals surface area contributed by atoms with E-state index >= 15 is 0 Å². The highest BCUT2D eigenvalue weighted by molar-refractivity contribution is 7.10. The second-order valence-corrected chi connectivity index (χ2v) is 7.75. The van der Waals surface area contributed by atoms with Crippen LogP contribution in [0.5, 0.6) is 0 Å². The van der Waals surface area contributed by atoms with Crippen LogP contribution >= 0.6 is 11.3 Å². The molecule has 2 fully saturated rings. The second kappa shape index (κ2) is 7.39. The molecule has 1 atom stereocenters. The molecular formula is C18H23N5OS. The van der Waals surface area contributed by atoms with Gasteiger partial charge in [0.25, 0.3) is 0 Å². The van der Waals surface area contributed by atoms with Gasteiger partial charge in [0.1, 0.15) is 0 Å². The fourth-order valence-electron chi connectivity index (χ4n) is 3.58. The normalized spacial score (nSPS) is 20.2. The van der Waals surface area contributed by atoms with Crippen molar-refractivity contribution in [3.8, 4) is 0 Å². The molecular weight excluding hydrogens is 334 g/mol. The van der Waals surface area contributed by atoms with Gasteiger partial charge in [-0.15, -0.1) is 16.4 Å². The highest BCUT2D eigenvalue weighted by Gasteiger charge is 2.26. The number of anilines is 2. The maximum atomic E-state index is 12.2. The summed E-state index contributed by atoms with van der Waals surface area (Å²) in [5, 5.41) is 13.7. The van der Waals surface area contributed by atoms with Gasteiger partial charge in [-0.25, -0.2) is 0 Å². The van der Waals surface area contributed by atoms with Crippen molar-refractivity contribution in [2.24, 2.45) is 0 Å². The first-order valence-corrected chi connectivity index (χ1v) is 9.80. The zero-order valence-electron chi connectivity index (χ0n) is 14.2. The van der Waals surface area contributed by atoms with Crippen molar-refractivity contribution in [2.75, 3.05) is 36.0 Å². The largest absolute Gasteiger partial charge is 0.370 e. The number of carbonyl (C=O) groups is 1. The number of amides is 1. The zero-order chi connectivity index (χ0) is 17.1. The minimum Gasteiger partial charge on any atom is -0.370 e. The molecule has 2 aliphatic heterocycles. The third-order valence-corrected chi connectivity index (χ3v) is 5.77. The summed E-state index contributed by atoms with van der Waals surface area (Å²) < 4.78 is 0. The van der Waals surface area contributed by atoms with Crippen molar-refractivity contribution in [1.29, 1.82) is 0 Å². The SMILES string of the molecule is O=C(Cc1cccs1)NC1CCN(c2cc(N3CCCC3)cnn2)C1. The van der Waals surface area contributed by atoms with Crippen molar-refractivity contribution in [3.63, 3.8) is 0 Å². The van der Waals surface area contributed by atoms with E-state index in [2.05, 4.69) is 31.4 Å². The summed E-state index contributed by atoms with van der Waals surface area (Å²) in [6.07, 6.45) is 5.77. The minimum absolute atomic E-state index is 0.103. The number of nitrogens with one attached hydrogen (secondary N) is 1. The molecule has 2 aromatic rings. The number of nitrogens with zero attached hydrogens (tertiary/aromatic N) is 4. The van der Waals surface area contributed by atoms with Crippen LogP contribution in [0.15, 0.2) is 29.8 Å². The Kier molecular flexibility index (Phi) is 4.83. The van der Waals surface area contributed by atoms with Gasteiger partial charge in [-0.3, -0.25) is 4.79 Å². The predicted octanol–water partition coefficient (Wildman–Crippen LogP) is 2.08. The lowest BCUT2D eigenvalue weighted by Gasteiger charge is -2.21. The fraction of sp³-hybridized carbons (Fsp3) is 0.500. The van der Waals surface area contributed by atoms with Crippen molar-refractivity contribution < 1.29 is 4.79 Å². The second-order valence-electron chi connectivity index (χ2n) is 6.72. The molecule has 1 amide bonds. The molecule has 0 spiro atoms. The van der Waals surface area contributed by atoms with E-state index in [1.807, 2.05) is 23.7 Å². The quantitative estimate of drug-likeness (QED) is 0.888. The van der Waals surface area contributed by atoms with Gasteiger partial charge in [0.05, 0.1) is 18.3 Å². The minimum atomic E-state index is 0.103. The van der Waals surface area contributed by atoms with Gasteiger partial charge in [-0.1, -0.05) is 6.07 Å². The molecule has 25 heavy (non-hydrogen) atoms. The molecule has 0 bridgehead atoms. The van der Waals surface area contributed by atoms with Crippen LogP contribution in [0, 0.1) is 0 Å². The van der Waals surface area contributed by atoms with E-state index in [9.17, 15) is 4.79 Å². The lowest BCUT2D eigenvalue weighted by molar-refractivity contribution is -0.120. The molecule has 6 nitrogen and oxygen atoms in total. The van der Waals surface area contributed by atoms with E-state index < -0.39 is 0 Å². The van der Waals surface area contributed by atoms with E-state index in [4.69, 9.17) is 0 Å². The van der Waals surface area contributed by atoms with Gasteiger partial charge in [0.2, 0.25) is 5.91 Å². The molecule has 2 aromatic heterocycles. The standard InChI is InChI=1S/C18H23N5OS/c24-18(11-16-4-3-9-25-16)20-14-5-8-23(13-14)17-10-15(12-19-21-17)22-6-1-2-7-22/h3-4,9-10,12,14H,1-2,5-8,11,13H2,(H,20,24). The van der Waals surface area contributed by atoms with Crippen LogP contribution < -0.4 is 15.1 Å². The molecule has 1 unspecified atom stereocenters. The van der Waals surface area contributed by atoms with E-state index in [1.54, 1.807) is 11.3 Å². The van der Waals surface area contributed by atoms with Gasteiger partial charge in [-0.2, -0.15) is 5.10 Å². The van der Waals surface area contributed by atoms with Gasteiger partial charge < -0.3 is 15.1 Å². The number of hydrogen-bond donors (Lipinski definition) is 1. The Morgan fingerprint density at radius 3 is 2.96 bits per heavy atom. The molecule has 4 heterocycles. The van der Waals surface area contributed by atoms with Crippen molar-refractivity contribution in [3.05, 3.63) is 34.7 Å². The molecule has 2 aliphatic rings. The van der Waals surface area contributed by atoms with Crippen LogP contribution in [0.4, 0.5) is 11.5 Å². The summed E-state index contributed by atoms with van der Waals surface area (Å²) >= 11 is 1.63. The van der Waals surface area contributed by atoms with Crippen LogP contribution in [0.1, 0.15) is 24.1 Å². The van der Waals surface area contributed by atoms with E-state index in [0.717, 1.165) is 49.0 Å². The smallest absolute Gasteiger partial charge is 0.225 e. The Hall–Kier alpha value is -2.15. The monoisotopic (exact) mass is 357 g/mol. The van der Waals surface area contributed by atoms with Gasteiger partial charge in [0, 0.05) is 43.2 Å². The van der Waals surface area contributed by atoms with Gasteiger partial charge in [0.15, 0.2) is 5.82 Å². The maximum Gasteiger partial charge on any atom is 0.225 e. The lowest BCUT2D eigenvalue weighted by Crippen LogP contribution is -2.38. The summed E-state index contributed by atoms with van der Waals surface area (Å²) in [7, 11) is 0. The van der Waals surface area contributed by atoms with Crippen molar-refractivity contribution in [1.82, 2.24) is 15.5 Å². The molecule has 0 saturated carbocycles. The molecule has 0 aromatic carbocycles. The molecule has 4 rings (SSSR count). The maximum absolute atomic E-state index is 12.2. The number of aromatic nitrogens is 2. The average molecular weight is 357 g/mol. The Morgan fingerprint density at radius 2 is 2.16 bits per heavy atom. The summed E-state index contributed by atoms with van der Waals surface area (Å²) in [5.41, 5.74) is 1.16. The van der Waals surface area contributed by atoms with Crippen LogP contribution in [0.2, 0.25) is 0 Å². The first-order chi connectivity index (χ1) is 12.3. The van der Waals surface area contributed by atoms with Crippen LogP contribution in [0.3, 0.4) is 0 Å². The third-order valence-electron chi connectivity index (χ3n) is 4.89. The number of carbonyl (C=O) groups excluding carboxylic acids is 1. The summed E-state index contributed by atoms with van der Waals surface area (Å²) in [6.45, 7) is 3.91. The molecule has 132 valence electrons. The highest BCUT2D eigenvalue weighted by atomic mass is 32.1. The Balaban J connectivity index is 1.34. The molecule has 0 radical (unpaired) electrons. The average Bonchev–Trinajstić information content (AvgIpc) is 3.38. The van der Waals surface area contributed by atoms with E-state index in [-0.39, 0.29) is 11.9 Å². The Labute approximate surface area is 151 Å². The fourth-order valence-corrected chi connectivity index (χ4v) is 4.29. The zero-order valence-corrected chi connectivity index (χ0v) is 15.0. The first-order valence-electron chi connectivity index (χ1n) is 8.92. The molecule has 0 aliphatic carbocycles. The predicted molar refractivity (Wildman–Crippen MR) is 100 cm³/mol. The van der Waals surface area contributed by atoms with Crippen LogP contribution in [-0.2, 0) is 11.2 Å². The topological polar surface area (TPSA) is 61.4 Å². The third kappa shape index (κ3) is 3.92. The van der Waals surface area contributed by atoms with Crippen molar-refractivity contribution >= 4 is 28.7 Å². The molecule has 7 heteroatoms. The van der Waals surface area contributed by atoms with Crippen molar-refractivity contribution in [2.45, 2.75) is 31.7 Å². The van der Waals surface area contributed by atoms with Gasteiger partial charge in [-0.05, 0) is 30.7 Å².